The maximum atomic E-state index is 13.9. The summed E-state index contributed by atoms with van der Waals surface area (Å²) in [6, 6.07) is 12.3. The fourth-order valence-corrected chi connectivity index (χ4v) is 6.18. The number of anilines is 1. The van der Waals surface area contributed by atoms with Gasteiger partial charge in [0.2, 0.25) is 17.7 Å². The molecule has 3 aromatic rings. The number of hydrogen-bond acceptors (Lipinski definition) is 7. The third-order valence-electron chi connectivity index (χ3n) is 7.60. The molecule has 176 valence electrons. The monoisotopic (exact) mass is 488 g/mol. The number of aromatic nitrogens is 2. The Bertz CT molecular complexity index is 1420. The van der Waals surface area contributed by atoms with Crippen LogP contribution >= 0.6 is 11.6 Å². The van der Waals surface area contributed by atoms with E-state index in [1.54, 1.807) is 42.6 Å². The van der Waals surface area contributed by atoms with Crippen molar-refractivity contribution in [3.63, 3.8) is 0 Å². The molecule has 8 nitrogen and oxygen atoms in total. The summed E-state index contributed by atoms with van der Waals surface area (Å²) >= 11 is 5.89. The Morgan fingerprint density at radius 3 is 2.77 bits per heavy atom. The fourth-order valence-electron chi connectivity index (χ4n) is 6.07. The van der Waals surface area contributed by atoms with E-state index in [4.69, 9.17) is 21.1 Å². The Hall–Kier alpha value is -3.54. The Morgan fingerprint density at radius 1 is 1.17 bits per heavy atom. The van der Waals surface area contributed by atoms with Gasteiger partial charge in [0.15, 0.2) is 0 Å². The number of pyridine rings is 2. The zero-order chi connectivity index (χ0) is 24.4. The molecular weight excluding hydrogens is 468 g/mol. The van der Waals surface area contributed by atoms with Crippen molar-refractivity contribution < 1.29 is 19.1 Å². The molecule has 0 unspecified atom stereocenters. The van der Waals surface area contributed by atoms with Gasteiger partial charge in [-0.25, -0.2) is 9.88 Å². The van der Waals surface area contributed by atoms with Gasteiger partial charge in [-0.3, -0.25) is 14.6 Å². The van der Waals surface area contributed by atoms with Crippen LogP contribution < -0.4 is 9.64 Å². The number of halogens is 1. The van der Waals surface area contributed by atoms with Crippen LogP contribution in [0.3, 0.4) is 0 Å². The summed E-state index contributed by atoms with van der Waals surface area (Å²) in [5.41, 5.74) is -0.187. The predicted molar refractivity (Wildman–Crippen MR) is 127 cm³/mol. The molecule has 0 N–H and O–H groups in total. The highest BCUT2D eigenvalue weighted by Gasteiger charge is 2.73. The number of nitrogens with zero attached hydrogens (tertiary/aromatic N) is 4. The topological polar surface area (TPSA) is 105 Å². The lowest BCUT2D eigenvalue weighted by molar-refractivity contribution is -0.131. The molecule has 1 aromatic carbocycles. The van der Waals surface area contributed by atoms with Crippen LogP contribution in [-0.4, -0.2) is 39.6 Å². The van der Waals surface area contributed by atoms with Gasteiger partial charge < -0.3 is 9.47 Å². The minimum Gasteiger partial charge on any atom is -0.478 e. The Kier molecular flexibility index (Phi) is 4.85. The Morgan fingerprint density at radius 2 is 2.00 bits per heavy atom. The summed E-state index contributed by atoms with van der Waals surface area (Å²) in [5, 5.41) is 10.6. The number of hydrogen-bond donors (Lipinski definition) is 0. The van der Waals surface area contributed by atoms with Gasteiger partial charge in [0.25, 0.3) is 0 Å². The van der Waals surface area contributed by atoms with Gasteiger partial charge in [0.05, 0.1) is 51.4 Å². The summed E-state index contributed by atoms with van der Waals surface area (Å²) in [6.45, 7) is 2.22. The number of carbonyl (C=O) groups excluding carboxylic acids is 2. The Labute approximate surface area is 206 Å². The highest BCUT2D eigenvalue weighted by atomic mass is 35.5. The molecule has 2 bridgehead atoms. The number of fused-ring (bicyclic) bond motifs is 6. The average Bonchev–Trinajstić information content (AvgIpc) is 3.44. The number of nitriles is 1. The van der Waals surface area contributed by atoms with Crippen molar-refractivity contribution in [2.75, 3.05) is 11.5 Å². The second-order valence-electron chi connectivity index (χ2n) is 9.50. The lowest BCUT2D eigenvalue weighted by Gasteiger charge is -2.31. The molecule has 2 amide bonds. The van der Waals surface area contributed by atoms with Crippen molar-refractivity contribution in [1.29, 1.82) is 5.26 Å². The second-order valence-corrected chi connectivity index (χ2v) is 9.94. The number of imide groups is 1. The van der Waals surface area contributed by atoms with Gasteiger partial charge in [-0.1, -0.05) is 11.6 Å². The van der Waals surface area contributed by atoms with Gasteiger partial charge in [-0.15, -0.1) is 0 Å². The molecule has 0 radical (unpaired) electrons. The number of amides is 2. The Balaban J connectivity index is 1.33. The van der Waals surface area contributed by atoms with Crippen LogP contribution in [0.5, 0.6) is 5.88 Å². The largest absolute Gasteiger partial charge is 0.478 e. The SMILES string of the molecule is C[C@@]12CC[C@@](CCOc3ccc(Cl)cn3)(O1)[C@H]1C(=O)N(c3ccc(C#N)c4ncccc34)C(=O)[C@H]12. The first-order chi connectivity index (χ1) is 16.9. The van der Waals surface area contributed by atoms with E-state index in [2.05, 4.69) is 16.0 Å². The van der Waals surface area contributed by atoms with Gasteiger partial charge in [-0.2, -0.15) is 5.26 Å². The van der Waals surface area contributed by atoms with Gasteiger partial charge in [-0.05, 0) is 50.1 Å². The zero-order valence-corrected chi connectivity index (χ0v) is 19.7. The third-order valence-corrected chi connectivity index (χ3v) is 7.82. The molecule has 3 aliphatic heterocycles. The van der Waals surface area contributed by atoms with E-state index in [0.29, 0.717) is 58.9 Å². The molecule has 3 saturated heterocycles. The smallest absolute Gasteiger partial charge is 0.240 e. The molecule has 0 aliphatic carbocycles. The zero-order valence-electron chi connectivity index (χ0n) is 18.9. The minimum atomic E-state index is -0.784. The van der Waals surface area contributed by atoms with Crippen LogP contribution in [0, 0.1) is 23.2 Å². The van der Waals surface area contributed by atoms with Crippen LogP contribution in [0.25, 0.3) is 10.9 Å². The molecule has 0 saturated carbocycles. The molecule has 2 aromatic heterocycles. The minimum absolute atomic E-state index is 0.265. The van der Waals surface area contributed by atoms with Crippen molar-refractivity contribution >= 4 is 40.0 Å². The molecule has 35 heavy (non-hydrogen) atoms. The van der Waals surface area contributed by atoms with Crippen molar-refractivity contribution in [2.45, 2.75) is 37.4 Å². The van der Waals surface area contributed by atoms with Crippen LogP contribution in [0.4, 0.5) is 5.69 Å². The molecule has 4 atom stereocenters. The summed E-state index contributed by atoms with van der Waals surface area (Å²) < 4.78 is 12.3. The van der Waals surface area contributed by atoms with E-state index >= 15 is 0 Å². The number of rotatable bonds is 5. The first kappa shape index (κ1) is 22.0. The average molecular weight is 489 g/mol. The molecule has 5 heterocycles. The molecule has 6 rings (SSSR count). The van der Waals surface area contributed by atoms with Crippen LogP contribution in [0.1, 0.15) is 31.7 Å². The number of ether oxygens (including phenoxy) is 2. The lowest BCUT2D eigenvalue weighted by Crippen LogP contribution is -2.43. The standard InChI is InChI=1S/C26H21ClN4O4/c1-25-8-9-26(35-25,10-12-34-19-7-5-16(27)14-30-19)21-20(25)23(32)31(24(21)33)18-6-4-15(13-28)22-17(18)3-2-11-29-22/h2-7,11,14,20-21H,8-10,12H2,1H3/t20-,21+,25-,26-/m0/s1. The van der Waals surface area contributed by atoms with E-state index in [-0.39, 0.29) is 11.8 Å². The molecular formula is C26H21ClN4O4. The normalized spacial score (nSPS) is 29.0. The summed E-state index contributed by atoms with van der Waals surface area (Å²) in [5.74, 6) is -1.27. The van der Waals surface area contributed by atoms with Crippen LogP contribution in [-0.2, 0) is 14.3 Å². The third kappa shape index (κ3) is 3.15. The molecule has 0 spiro atoms. The van der Waals surface area contributed by atoms with E-state index in [1.165, 1.54) is 11.1 Å². The maximum Gasteiger partial charge on any atom is 0.240 e. The summed E-state index contributed by atoms with van der Waals surface area (Å²) in [4.78, 5) is 37.4. The lowest BCUT2D eigenvalue weighted by atomic mass is 9.67. The van der Waals surface area contributed by atoms with Gasteiger partial charge in [0, 0.05) is 30.3 Å². The van der Waals surface area contributed by atoms with E-state index < -0.39 is 23.0 Å². The first-order valence-corrected chi connectivity index (χ1v) is 11.8. The number of carbonyl (C=O) groups is 2. The first-order valence-electron chi connectivity index (χ1n) is 11.5. The quantitative estimate of drug-likeness (QED) is 0.499. The van der Waals surface area contributed by atoms with Crippen molar-refractivity contribution in [1.82, 2.24) is 9.97 Å². The van der Waals surface area contributed by atoms with Crippen LogP contribution in [0.15, 0.2) is 48.8 Å². The van der Waals surface area contributed by atoms with Crippen molar-refractivity contribution in [2.24, 2.45) is 11.8 Å². The summed E-state index contributed by atoms with van der Waals surface area (Å²) in [7, 11) is 0. The molecule has 9 heteroatoms. The summed E-state index contributed by atoms with van der Waals surface area (Å²) in [6.07, 6.45) is 4.92. The van der Waals surface area contributed by atoms with E-state index in [0.717, 1.165) is 0 Å². The van der Waals surface area contributed by atoms with Crippen molar-refractivity contribution in [3.8, 4) is 11.9 Å². The maximum absolute atomic E-state index is 13.9. The van der Waals surface area contributed by atoms with E-state index in [1.807, 2.05) is 6.92 Å². The molecule has 3 fully saturated rings. The fraction of sp³-hybridized carbons (Fsp3) is 0.346. The highest BCUT2D eigenvalue weighted by molar-refractivity contribution is 6.30. The molecule has 3 aliphatic rings. The second kappa shape index (κ2) is 7.74. The number of benzene rings is 1. The van der Waals surface area contributed by atoms with Gasteiger partial charge >= 0.3 is 0 Å². The highest BCUT2D eigenvalue weighted by Crippen LogP contribution is 2.62. The van der Waals surface area contributed by atoms with E-state index in [9.17, 15) is 14.9 Å². The van der Waals surface area contributed by atoms with Gasteiger partial charge in [0.1, 0.15) is 6.07 Å². The predicted octanol–water partition coefficient (Wildman–Crippen LogP) is 4.05. The van der Waals surface area contributed by atoms with Crippen LogP contribution in [0.2, 0.25) is 5.02 Å². The van der Waals surface area contributed by atoms with Crippen molar-refractivity contribution in [3.05, 3.63) is 59.4 Å².